The molecule has 7 nitrogen and oxygen atoms in total. The largest absolute Gasteiger partial charge is 0.497 e. The summed E-state index contributed by atoms with van der Waals surface area (Å²) in [7, 11) is -2.56. The molecule has 1 aliphatic rings. The van der Waals surface area contributed by atoms with Crippen LogP contribution in [0.15, 0.2) is 62.6 Å². The molecule has 0 atom stereocenters. The molecule has 0 unspecified atom stereocenters. The molecular formula is C21H22N2O5S. The smallest absolute Gasteiger partial charge is 0.363 e. The quantitative estimate of drug-likeness (QED) is 0.593. The molecular weight excluding hydrogens is 392 g/mol. The van der Waals surface area contributed by atoms with E-state index in [1.165, 1.54) is 19.2 Å². The van der Waals surface area contributed by atoms with E-state index in [2.05, 4.69) is 10.0 Å². The Labute approximate surface area is 168 Å². The number of sulfonamides is 1. The maximum absolute atomic E-state index is 13.0. The Bertz CT molecular complexity index is 1200. The molecule has 3 aromatic rings. The molecule has 0 spiro atoms. The summed E-state index contributed by atoms with van der Waals surface area (Å²) in [5.41, 5.74) is 0.00614. The van der Waals surface area contributed by atoms with Gasteiger partial charge in [-0.15, -0.1) is 0 Å². The van der Waals surface area contributed by atoms with Crippen LogP contribution in [0, 0.1) is 0 Å². The van der Waals surface area contributed by atoms with Gasteiger partial charge in [-0.05, 0) is 37.1 Å². The second-order valence-electron chi connectivity index (χ2n) is 7.05. The number of ether oxygens (including phenoxy) is 1. The summed E-state index contributed by atoms with van der Waals surface area (Å²) in [4.78, 5) is 12.7. The molecule has 152 valence electrons. The normalized spacial score (nSPS) is 14.8. The monoisotopic (exact) mass is 414 g/mol. The van der Waals surface area contributed by atoms with Gasteiger partial charge < -0.3 is 14.5 Å². The lowest BCUT2D eigenvalue weighted by atomic mass is 10.1. The first-order valence-corrected chi connectivity index (χ1v) is 11.0. The van der Waals surface area contributed by atoms with Gasteiger partial charge in [-0.25, -0.2) is 13.2 Å². The first-order valence-electron chi connectivity index (χ1n) is 9.47. The third-order valence-electron chi connectivity index (χ3n) is 5.10. The lowest BCUT2D eigenvalue weighted by Gasteiger charge is -2.19. The Hall–Kier alpha value is -3.00. The van der Waals surface area contributed by atoms with Gasteiger partial charge in [0.2, 0.25) is 0 Å². The molecule has 29 heavy (non-hydrogen) atoms. The average Bonchev–Trinajstić information content (AvgIpc) is 3.24. The topological polar surface area (TPSA) is 97.6 Å². The summed E-state index contributed by atoms with van der Waals surface area (Å²) < 4.78 is 38.9. The van der Waals surface area contributed by atoms with Gasteiger partial charge in [-0.1, -0.05) is 31.0 Å². The van der Waals surface area contributed by atoms with E-state index in [1.54, 1.807) is 30.3 Å². The molecule has 1 aliphatic carbocycles. The molecule has 1 saturated carbocycles. The third-order valence-corrected chi connectivity index (χ3v) is 6.45. The molecule has 0 aliphatic heterocycles. The predicted octanol–water partition coefficient (Wildman–Crippen LogP) is 3.96. The van der Waals surface area contributed by atoms with Crippen LogP contribution in [-0.4, -0.2) is 21.6 Å². The molecule has 2 N–H and O–H groups in total. The minimum atomic E-state index is -4.02. The summed E-state index contributed by atoms with van der Waals surface area (Å²) in [5.74, 6) is 0.405. The van der Waals surface area contributed by atoms with Crippen LogP contribution in [-0.2, 0) is 10.0 Å². The molecule has 1 fully saturated rings. The molecule has 0 amide bonds. The minimum absolute atomic E-state index is 0.00350. The number of para-hydroxylation sites is 1. The van der Waals surface area contributed by atoms with Crippen molar-refractivity contribution in [2.24, 2.45) is 0 Å². The number of hydrogen-bond acceptors (Lipinski definition) is 6. The molecule has 0 bridgehead atoms. The number of anilines is 2. The van der Waals surface area contributed by atoms with Crippen LogP contribution in [0.5, 0.6) is 5.75 Å². The van der Waals surface area contributed by atoms with E-state index in [0.29, 0.717) is 22.4 Å². The second-order valence-corrected chi connectivity index (χ2v) is 8.73. The van der Waals surface area contributed by atoms with Crippen molar-refractivity contribution in [2.75, 3.05) is 17.1 Å². The Balaban J connectivity index is 1.81. The van der Waals surface area contributed by atoms with Gasteiger partial charge in [0.15, 0.2) is 5.69 Å². The van der Waals surface area contributed by atoms with Gasteiger partial charge in [0.1, 0.15) is 11.3 Å². The lowest BCUT2D eigenvalue weighted by molar-refractivity contribution is 0.413. The van der Waals surface area contributed by atoms with E-state index in [9.17, 15) is 13.2 Å². The summed E-state index contributed by atoms with van der Waals surface area (Å²) >= 11 is 0. The van der Waals surface area contributed by atoms with Crippen LogP contribution in [0.4, 0.5) is 11.4 Å². The fourth-order valence-corrected chi connectivity index (χ4v) is 4.73. The lowest BCUT2D eigenvalue weighted by Crippen LogP contribution is -2.23. The van der Waals surface area contributed by atoms with Crippen LogP contribution in [0.3, 0.4) is 0 Å². The van der Waals surface area contributed by atoms with Crippen LogP contribution in [0.2, 0.25) is 0 Å². The number of methoxy groups -OCH3 is 1. The highest BCUT2D eigenvalue weighted by molar-refractivity contribution is 7.92. The van der Waals surface area contributed by atoms with Crippen LogP contribution >= 0.6 is 0 Å². The van der Waals surface area contributed by atoms with E-state index in [-0.39, 0.29) is 16.6 Å². The molecule has 0 saturated heterocycles. The molecule has 2 aromatic carbocycles. The van der Waals surface area contributed by atoms with E-state index in [0.717, 1.165) is 25.7 Å². The van der Waals surface area contributed by atoms with Crippen LogP contribution in [0.1, 0.15) is 25.7 Å². The maximum Gasteiger partial charge on any atom is 0.363 e. The molecule has 8 heteroatoms. The van der Waals surface area contributed by atoms with Gasteiger partial charge in [-0.2, -0.15) is 0 Å². The van der Waals surface area contributed by atoms with Crippen molar-refractivity contribution in [1.29, 1.82) is 0 Å². The molecule has 0 radical (unpaired) electrons. The van der Waals surface area contributed by atoms with E-state index >= 15 is 0 Å². The third kappa shape index (κ3) is 3.93. The van der Waals surface area contributed by atoms with Gasteiger partial charge in [-0.3, -0.25) is 4.72 Å². The first-order chi connectivity index (χ1) is 14.0. The maximum atomic E-state index is 13.0. The number of rotatable bonds is 6. The van der Waals surface area contributed by atoms with Gasteiger partial charge in [0.25, 0.3) is 10.0 Å². The van der Waals surface area contributed by atoms with Gasteiger partial charge in [0, 0.05) is 17.5 Å². The molecule has 1 aromatic heterocycles. The zero-order valence-corrected chi connectivity index (χ0v) is 16.8. The molecule has 4 rings (SSSR count). The van der Waals surface area contributed by atoms with Gasteiger partial charge >= 0.3 is 5.63 Å². The van der Waals surface area contributed by atoms with E-state index in [4.69, 9.17) is 9.15 Å². The minimum Gasteiger partial charge on any atom is -0.497 e. The highest BCUT2D eigenvalue weighted by Crippen LogP contribution is 2.33. The number of benzene rings is 2. The summed E-state index contributed by atoms with van der Waals surface area (Å²) in [5, 5.41) is 4.03. The Morgan fingerprint density at radius 3 is 2.55 bits per heavy atom. The fraction of sp³-hybridized carbons (Fsp3) is 0.286. The van der Waals surface area contributed by atoms with E-state index in [1.807, 2.05) is 6.07 Å². The second kappa shape index (κ2) is 7.79. The van der Waals surface area contributed by atoms with Crippen molar-refractivity contribution in [3.63, 3.8) is 0 Å². The van der Waals surface area contributed by atoms with E-state index < -0.39 is 15.6 Å². The van der Waals surface area contributed by atoms with Crippen LogP contribution in [0.25, 0.3) is 11.0 Å². The Kier molecular flexibility index (Phi) is 5.19. The predicted molar refractivity (Wildman–Crippen MR) is 112 cm³/mol. The van der Waals surface area contributed by atoms with Crippen molar-refractivity contribution < 1.29 is 17.6 Å². The standard InChI is InChI=1S/C21H22N2O5S/c1-27-15-9-6-10-16(13-15)29(25,26)23-20-19(22-14-7-2-3-8-14)17-11-4-5-12-18(17)28-21(20)24/h4-6,9-14,22-23H,2-3,7-8H2,1H3. The van der Waals surface area contributed by atoms with Crippen molar-refractivity contribution in [1.82, 2.24) is 0 Å². The van der Waals surface area contributed by atoms with Crippen molar-refractivity contribution in [3.05, 3.63) is 59.0 Å². The fourth-order valence-electron chi connectivity index (χ4n) is 3.63. The summed E-state index contributed by atoms with van der Waals surface area (Å²) in [6.07, 6.45) is 4.14. The molecule has 1 heterocycles. The number of hydrogen-bond donors (Lipinski definition) is 2. The first kappa shape index (κ1) is 19.3. The number of nitrogens with one attached hydrogen (secondary N) is 2. The highest BCUT2D eigenvalue weighted by atomic mass is 32.2. The Morgan fingerprint density at radius 2 is 1.79 bits per heavy atom. The highest BCUT2D eigenvalue weighted by Gasteiger charge is 2.24. The van der Waals surface area contributed by atoms with Crippen molar-refractivity contribution in [3.8, 4) is 5.75 Å². The average molecular weight is 414 g/mol. The van der Waals surface area contributed by atoms with Crippen molar-refractivity contribution in [2.45, 2.75) is 36.6 Å². The zero-order valence-electron chi connectivity index (χ0n) is 16.0. The summed E-state index contributed by atoms with van der Waals surface area (Å²) in [6.45, 7) is 0. The number of fused-ring (bicyclic) bond motifs is 1. The zero-order chi connectivity index (χ0) is 20.4. The SMILES string of the molecule is COc1cccc(S(=O)(=O)Nc2c(NC3CCCC3)c3ccccc3oc2=O)c1. The van der Waals surface area contributed by atoms with Gasteiger partial charge in [0.05, 0.1) is 17.7 Å². The Morgan fingerprint density at radius 1 is 1.03 bits per heavy atom. The van der Waals surface area contributed by atoms with Crippen molar-refractivity contribution >= 4 is 32.4 Å². The summed E-state index contributed by atoms with van der Waals surface area (Å²) in [6, 6.07) is 13.3. The van der Waals surface area contributed by atoms with Crippen LogP contribution < -0.4 is 20.4 Å².